The van der Waals surface area contributed by atoms with Gasteiger partial charge in [-0.05, 0) is 38.3 Å². The van der Waals surface area contributed by atoms with Crippen molar-refractivity contribution in [2.24, 2.45) is 5.92 Å². The van der Waals surface area contributed by atoms with E-state index in [1.54, 1.807) is 28.0 Å². The molecule has 0 aromatic heterocycles. The Morgan fingerprint density at radius 3 is 2.66 bits per heavy atom. The van der Waals surface area contributed by atoms with Crippen LogP contribution in [-0.2, 0) is 20.9 Å². The third kappa shape index (κ3) is 4.78. The third-order valence-corrected chi connectivity index (χ3v) is 6.46. The van der Waals surface area contributed by atoms with Crippen LogP contribution < -0.4 is 0 Å². The van der Waals surface area contributed by atoms with Crippen LogP contribution in [0.15, 0.2) is 24.3 Å². The number of ether oxygens (including phenoxy) is 1. The highest BCUT2D eigenvalue weighted by Crippen LogP contribution is 2.25. The summed E-state index contributed by atoms with van der Waals surface area (Å²) in [5.74, 6) is -0.336. The number of benzene rings is 1. The highest BCUT2D eigenvalue weighted by molar-refractivity contribution is 5.87. The van der Waals surface area contributed by atoms with Crippen molar-refractivity contribution >= 4 is 11.8 Å². The quantitative estimate of drug-likeness (QED) is 0.771. The van der Waals surface area contributed by atoms with Crippen LogP contribution in [0, 0.1) is 11.7 Å². The Bertz CT molecular complexity index is 738. The Morgan fingerprint density at radius 1 is 1.10 bits per heavy atom. The van der Waals surface area contributed by atoms with Crippen molar-refractivity contribution in [3.63, 3.8) is 0 Å². The van der Waals surface area contributed by atoms with Crippen LogP contribution in [0.4, 0.5) is 4.39 Å². The molecule has 7 heteroatoms. The standard InChI is InChI=1S/C22H30FN3O3/c23-20-6-2-1-4-17(20)14-25-10-11-26(16-21(25)27)22(28)18-5-3-9-24(15-18)19-7-12-29-13-8-19/h1-2,4,6,18-19H,3,5,7-16H2/t18-/m1/s1. The van der Waals surface area contributed by atoms with Gasteiger partial charge < -0.3 is 14.5 Å². The highest BCUT2D eigenvalue weighted by Gasteiger charge is 2.35. The fraction of sp³-hybridized carbons (Fsp3) is 0.636. The van der Waals surface area contributed by atoms with E-state index in [4.69, 9.17) is 4.74 Å². The summed E-state index contributed by atoms with van der Waals surface area (Å²) in [6, 6.07) is 7.04. The normalized spacial score (nSPS) is 24.7. The van der Waals surface area contributed by atoms with Crippen LogP contribution in [0.1, 0.15) is 31.2 Å². The van der Waals surface area contributed by atoms with E-state index in [0.717, 1.165) is 52.0 Å². The van der Waals surface area contributed by atoms with E-state index in [1.807, 2.05) is 0 Å². The summed E-state index contributed by atoms with van der Waals surface area (Å²) in [5.41, 5.74) is 0.514. The number of piperidine rings is 1. The van der Waals surface area contributed by atoms with Gasteiger partial charge in [-0.3, -0.25) is 14.5 Å². The molecule has 3 aliphatic heterocycles. The molecule has 3 saturated heterocycles. The second-order valence-electron chi connectivity index (χ2n) is 8.34. The van der Waals surface area contributed by atoms with Gasteiger partial charge >= 0.3 is 0 Å². The van der Waals surface area contributed by atoms with Gasteiger partial charge in [0.25, 0.3) is 0 Å². The average molecular weight is 403 g/mol. The summed E-state index contributed by atoms with van der Waals surface area (Å²) in [7, 11) is 0. The monoisotopic (exact) mass is 403 g/mol. The van der Waals surface area contributed by atoms with Gasteiger partial charge in [-0.1, -0.05) is 18.2 Å². The molecule has 0 N–H and O–H groups in total. The molecule has 2 amide bonds. The van der Waals surface area contributed by atoms with Crippen LogP contribution in [0.5, 0.6) is 0 Å². The van der Waals surface area contributed by atoms with Gasteiger partial charge in [-0.15, -0.1) is 0 Å². The maximum Gasteiger partial charge on any atom is 0.242 e. The molecule has 0 radical (unpaired) electrons. The predicted molar refractivity (Wildman–Crippen MR) is 107 cm³/mol. The molecular weight excluding hydrogens is 373 g/mol. The van der Waals surface area contributed by atoms with E-state index < -0.39 is 0 Å². The van der Waals surface area contributed by atoms with E-state index in [2.05, 4.69) is 4.90 Å². The van der Waals surface area contributed by atoms with Crippen molar-refractivity contribution < 1.29 is 18.7 Å². The van der Waals surface area contributed by atoms with Crippen LogP contribution in [0.25, 0.3) is 0 Å². The number of rotatable bonds is 4. The number of carbonyl (C=O) groups is 2. The molecule has 1 aromatic carbocycles. The zero-order valence-corrected chi connectivity index (χ0v) is 16.9. The molecule has 0 unspecified atom stereocenters. The number of nitrogens with zero attached hydrogens (tertiary/aromatic N) is 3. The molecule has 1 aromatic rings. The SMILES string of the molecule is O=C1CN(C(=O)[C@@H]2CCCN(C3CCOCC3)C2)CCN1Cc1ccccc1F. The van der Waals surface area contributed by atoms with Crippen molar-refractivity contribution in [2.75, 3.05) is 45.9 Å². The molecule has 0 spiro atoms. The first kappa shape index (κ1) is 20.3. The van der Waals surface area contributed by atoms with Gasteiger partial charge in [0.1, 0.15) is 5.82 Å². The predicted octanol–water partition coefficient (Wildman–Crippen LogP) is 1.89. The first-order valence-corrected chi connectivity index (χ1v) is 10.7. The molecule has 3 fully saturated rings. The fourth-order valence-corrected chi connectivity index (χ4v) is 4.74. The molecule has 3 aliphatic rings. The summed E-state index contributed by atoms with van der Waals surface area (Å²) in [6.45, 7) is 4.77. The Morgan fingerprint density at radius 2 is 1.90 bits per heavy atom. The third-order valence-electron chi connectivity index (χ3n) is 6.46. The van der Waals surface area contributed by atoms with Gasteiger partial charge in [-0.2, -0.15) is 0 Å². The first-order chi connectivity index (χ1) is 14.1. The van der Waals surface area contributed by atoms with Crippen molar-refractivity contribution in [3.05, 3.63) is 35.6 Å². The van der Waals surface area contributed by atoms with Crippen molar-refractivity contribution in [3.8, 4) is 0 Å². The van der Waals surface area contributed by atoms with E-state index >= 15 is 0 Å². The van der Waals surface area contributed by atoms with Gasteiger partial charge in [0.15, 0.2) is 0 Å². The van der Waals surface area contributed by atoms with Crippen LogP contribution >= 0.6 is 0 Å². The molecule has 3 heterocycles. The van der Waals surface area contributed by atoms with Crippen molar-refractivity contribution in [1.29, 1.82) is 0 Å². The van der Waals surface area contributed by atoms with Crippen LogP contribution in [0.3, 0.4) is 0 Å². The molecule has 0 saturated carbocycles. The number of hydrogen-bond acceptors (Lipinski definition) is 4. The molecule has 0 bridgehead atoms. The summed E-state index contributed by atoms with van der Waals surface area (Å²) in [4.78, 5) is 31.5. The van der Waals surface area contributed by atoms with Gasteiger partial charge in [0.2, 0.25) is 11.8 Å². The zero-order chi connectivity index (χ0) is 20.2. The number of carbonyl (C=O) groups excluding carboxylic acids is 2. The number of hydrogen-bond donors (Lipinski definition) is 0. The Labute approximate surface area is 171 Å². The van der Waals surface area contributed by atoms with Gasteiger partial charge in [-0.25, -0.2) is 4.39 Å². The number of halogens is 1. The lowest BCUT2D eigenvalue weighted by Gasteiger charge is -2.41. The Kier molecular flexibility index (Phi) is 6.45. The van der Waals surface area contributed by atoms with Gasteiger partial charge in [0.05, 0.1) is 12.5 Å². The zero-order valence-electron chi connectivity index (χ0n) is 16.9. The second kappa shape index (κ2) is 9.22. The summed E-state index contributed by atoms with van der Waals surface area (Å²) in [6.07, 6.45) is 3.99. The molecule has 6 nitrogen and oxygen atoms in total. The molecular formula is C22H30FN3O3. The van der Waals surface area contributed by atoms with Crippen LogP contribution in [0.2, 0.25) is 0 Å². The van der Waals surface area contributed by atoms with Gasteiger partial charge in [0, 0.05) is 51.0 Å². The number of piperazine rings is 1. The van der Waals surface area contributed by atoms with Crippen molar-refractivity contribution in [1.82, 2.24) is 14.7 Å². The molecule has 1 atom stereocenters. The van der Waals surface area contributed by atoms with E-state index in [-0.39, 0.29) is 36.6 Å². The first-order valence-electron chi connectivity index (χ1n) is 10.7. The van der Waals surface area contributed by atoms with Crippen molar-refractivity contribution in [2.45, 2.75) is 38.3 Å². The van der Waals surface area contributed by atoms with E-state index in [0.29, 0.717) is 24.7 Å². The smallest absolute Gasteiger partial charge is 0.242 e. The topological polar surface area (TPSA) is 53.1 Å². The number of amides is 2. The lowest BCUT2D eigenvalue weighted by Crippen LogP contribution is -2.55. The minimum Gasteiger partial charge on any atom is -0.381 e. The molecule has 4 rings (SSSR count). The Balaban J connectivity index is 1.32. The van der Waals surface area contributed by atoms with Crippen LogP contribution in [-0.4, -0.2) is 78.5 Å². The molecule has 0 aliphatic carbocycles. The minimum absolute atomic E-state index is 0.0301. The summed E-state index contributed by atoms with van der Waals surface area (Å²) < 4.78 is 19.4. The Hall–Kier alpha value is -1.99. The maximum absolute atomic E-state index is 13.9. The fourth-order valence-electron chi connectivity index (χ4n) is 4.74. The lowest BCUT2D eigenvalue weighted by atomic mass is 9.93. The summed E-state index contributed by atoms with van der Waals surface area (Å²) >= 11 is 0. The maximum atomic E-state index is 13.9. The average Bonchev–Trinajstić information content (AvgIpc) is 2.77. The van der Waals surface area contributed by atoms with E-state index in [1.165, 1.54) is 6.07 Å². The lowest BCUT2D eigenvalue weighted by molar-refractivity contribution is -0.149. The second-order valence-corrected chi connectivity index (χ2v) is 8.34. The molecule has 29 heavy (non-hydrogen) atoms. The highest BCUT2D eigenvalue weighted by atomic mass is 19.1. The minimum atomic E-state index is -0.297. The summed E-state index contributed by atoms with van der Waals surface area (Å²) in [5, 5.41) is 0. The largest absolute Gasteiger partial charge is 0.381 e. The van der Waals surface area contributed by atoms with E-state index in [9.17, 15) is 14.0 Å². The molecule has 158 valence electrons. The number of likely N-dealkylation sites (tertiary alicyclic amines) is 1.